The number of hydrogen-bond acceptors (Lipinski definition) is 3. The van der Waals surface area contributed by atoms with Crippen LogP contribution in [0.15, 0.2) is 36.5 Å². The van der Waals surface area contributed by atoms with E-state index in [1.165, 1.54) is 0 Å². The number of nitrogens with one attached hydrogen (secondary N) is 2. The Labute approximate surface area is 95.9 Å². The standard InChI is InChI=1S/C11H9N3O3/c15-10(3-4-11(16)17)13-8-2-1-7-6-12-14-9(7)5-8/h1-6H,(H,12,14)(H,13,15)(H,16,17)/b4-3+. The highest BCUT2D eigenvalue weighted by Gasteiger charge is 2.01. The van der Waals surface area contributed by atoms with E-state index >= 15 is 0 Å². The zero-order valence-electron chi connectivity index (χ0n) is 8.68. The van der Waals surface area contributed by atoms with Gasteiger partial charge < -0.3 is 10.4 Å². The molecule has 0 radical (unpaired) electrons. The van der Waals surface area contributed by atoms with Gasteiger partial charge in [0.1, 0.15) is 0 Å². The SMILES string of the molecule is O=C(O)/C=C/C(=O)Nc1ccc2cn[nH]c2c1. The lowest BCUT2D eigenvalue weighted by atomic mass is 10.2. The van der Waals surface area contributed by atoms with E-state index in [-0.39, 0.29) is 0 Å². The molecule has 6 nitrogen and oxygen atoms in total. The van der Waals surface area contributed by atoms with E-state index in [1.54, 1.807) is 24.4 Å². The number of amides is 1. The molecule has 86 valence electrons. The average Bonchev–Trinajstić information content (AvgIpc) is 2.73. The quantitative estimate of drug-likeness (QED) is 0.690. The lowest BCUT2D eigenvalue weighted by Gasteiger charge is -2.01. The molecule has 2 aromatic rings. The maximum Gasteiger partial charge on any atom is 0.328 e. The van der Waals surface area contributed by atoms with E-state index in [1.807, 2.05) is 0 Å². The van der Waals surface area contributed by atoms with Crippen molar-refractivity contribution in [3.63, 3.8) is 0 Å². The van der Waals surface area contributed by atoms with Gasteiger partial charge in [0.15, 0.2) is 0 Å². The van der Waals surface area contributed by atoms with E-state index in [2.05, 4.69) is 15.5 Å². The fourth-order valence-corrected chi connectivity index (χ4v) is 1.35. The molecule has 1 heterocycles. The van der Waals surface area contributed by atoms with Crippen molar-refractivity contribution >= 4 is 28.5 Å². The summed E-state index contributed by atoms with van der Waals surface area (Å²) in [7, 11) is 0. The molecule has 17 heavy (non-hydrogen) atoms. The van der Waals surface area contributed by atoms with Crippen LogP contribution in [0.4, 0.5) is 5.69 Å². The summed E-state index contributed by atoms with van der Waals surface area (Å²) in [5, 5.41) is 18.5. The van der Waals surface area contributed by atoms with Crippen molar-refractivity contribution in [1.29, 1.82) is 0 Å². The molecule has 0 aliphatic heterocycles. The minimum Gasteiger partial charge on any atom is -0.478 e. The van der Waals surface area contributed by atoms with Crippen LogP contribution in [0.2, 0.25) is 0 Å². The second-order valence-corrected chi connectivity index (χ2v) is 3.33. The first-order valence-electron chi connectivity index (χ1n) is 4.80. The Morgan fingerprint density at radius 1 is 1.35 bits per heavy atom. The molecular weight excluding hydrogens is 222 g/mol. The number of nitrogens with zero attached hydrogens (tertiary/aromatic N) is 1. The maximum atomic E-state index is 11.3. The molecule has 0 atom stereocenters. The van der Waals surface area contributed by atoms with Gasteiger partial charge in [-0.15, -0.1) is 0 Å². The molecule has 0 saturated carbocycles. The number of fused-ring (bicyclic) bond motifs is 1. The van der Waals surface area contributed by atoms with E-state index in [0.29, 0.717) is 5.69 Å². The largest absolute Gasteiger partial charge is 0.478 e. The number of carboxylic acid groups (broad SMARTS) is 1. The molecule has 0 aliphatic rings. The number of benzene rings is 1. The first kappa shape index (κ1) is 10.9. The number of rotatable bonds is 3. The van der Waals surface area contributed by atoms with Crippen LogP contribution in [0.3, 0.4) is 0 Å². The van der Waals surface area contributed by atoms with E-state index in [4.69, 9.17) is 5.11 Å². The van der Waals surface area contributed by atoms with Gasteiger partial charge in [-0.05, 0) is 18.2 Å². The molecule has 0 fully saturated rings. The van der Waals surface area contributed by atoms with Crippen LogP contribution >= 0.6 is 0 Å². The van der Waals surface area contributed by atoms with E-state index in [0.717, 1.165) is 23.1 Å². The molecule has 0 bridgehead atoms. The minimum absolute atomic E-state index is 0.494. The Morgan fingerprint density at radius 2 is 2.18 bits per heavy atom. The summed E-state index contributed by atoms with van der Waals surface area (Å²) < 4.78 is 0. The van der Waals surface area contributed by atoms with E-state index in [9.17, 15) is 9.59 Å². The fourth-order valence-electron chi connectivity index (χ4n) is 1.35. The minimum atomic E-state index is -1.16. The van der Waals surface area contributed by atoms with Crippen LogP contribution in [0.5, 0.6) is 0 Å². The number of aromatic nitrogens is 2. The normalized spacial score (nSPS) is 10.8. The fraction of sp³-hybridized carbons (Fsp3) is 0. The van der Waals surface area contributed by atoms with Crippen LogP contribution in [0, 0.1) is 0 Å². The van der Waals surface area contributed by atoms with Gasteiger partial charge in [-0.1, -0.05) is 0 Å². The number of anilines is 1. The third-order valence-electron chi connectivity index (χ3n) is 2.09. The zero-order chi connectivity index (χ0) is 12.3. The summed E-state index contributed by atoms with van der Waals surface area (Å²) >= 11 is 0. The Kier molecular flexibility index (Phi) is 2.87. The summed E-state index contributed by atoms with van der Waals surface area (Å²) in [5.74, 6) is -1.66. The number of carbonyl (C=O) groups is 2. The number of aliphatic carboxylic acids is 1. The molecule has 0 unspecified atom stereocenters. The molecule has 6 heteroatoms. The van der Waals surface area contributed by atoms with Gasteiger partial charge in [0.2, 0.25) is 5.91 Å². The predicted molar refractivity (Wildman–Crippen MR) is 61.5 cm³/mol. The second kappa shape index (κ2) is 4.48. The third kappa shape index (κ3) is 2.69. The van der Waals surface area contributed by atoms with Gasteiger partial charge in [0, 0.05) is 23.2 Å². The van der Waals surface area contributed by atoms with Crippen LogP contribution in [0.25, 0.3) is 10.9 Å². The summed E-state index contributed by atoms with van der Waals surface area (Å²) in [6.07, 6.45) is 3.41. The lowest BCUT2D eigenvalue weighted by Crippen LogP contribution is -2.08. The summed E-state index contributed by atoms with van der Waals surface area (Å²) in [6.45, 7) is 0. The van der Waals surface area contributed by atoms with Gasteiger partial charge >= 0.3 is 5.97 Å². The van der Waals surface area contributed by atoms with Crippen molar-refractivity contribution in [2.45, 2.75) is 0 Å². The monoisotopic (exact) mass is 231 g/mol. The van der Waals surface area contributed by atoms with Crippen LogP contribution in [0.1, 0.15) is 0 Å². The van der Waals surface area contributed by atoms with Crippen LogP contribution < -0.4 is 5.32 Å². The van der Waals surface area contributed by atoms with Crippen molar-refractivity contribution < 1.29 is 14.7 Å². The highest BCUT2D eigenvalue weighted by atomic mass is 16.4. The molecule has 0 spiro atoms. The Morgan fingerprint density at radius 3 is 2.94 bits per heavy atom. The second-order valence-electron chi connectivity index (χ2n) is 3.33. The predicted octanol–water partition coefficient (Wildman–Crippen LogP) is 1.14. The smallest absolute Gasteiger partial charge is 0.328 e. The van der Waals surface area contributed by atoms with E-state index < -0.39 is 11.9 Å². The summed E-state index contributed by atoms with van der Waals surface area (Å²) in [4.78, 5) is 21.5. The van der Waals surface area contributed by atoms with Crippen molar-refractivity contribution in [3.8, 4) is 0 Å². The molecule has 1 aromatic heterocycles. The average molecular weight is 231 g/mol. The van der Waals surface area contributed by atoms with Gasteiger partial charge in [0.05, 0.1) is 11.7 Å². The van der Waals surface area contributed by atoms with Gasteiger partial charge in [0.25, 0.3) is 0 Å². The molecule has 3 N–H and O–H groups in total. The molecule has 1 amide bonds. The Bertz CT molecular complexity index is 601. The topological polar surface area (TPSA) is 95.1 Å². The van der Waals surface area contributed by atoms with Crippen molar-refractivity contribution in [3.05, 3.63) is 36.5 Å². The molecular formula is C11H9N3O3. The Balaban J connectivity index is 2.12. The Hall–Kier alpha value is -2.63. The number of carboxylic acids is 1. The zero-order valence-corrected chi connectivity index (χ0v) is 8.68. The molecule has 1 aromatic carbocycles. The molecule has 0 saturated heterocycles. The summed E-state index contributed by atoms with van der Waals surface area (Å²) in [6, 6.07) is 5.23. The first-order chi connectivity index (χ1) is 8.15. The van der Waals surface area contributed by atoms with Gasteiger partial charge in [-0.2, -0.15) is 5.10 Å². The summed E-state index contributed by atoms with van der Waals surface area (Å²) in [5.41, 5.74) is 1.37. The number of H-pyrrole nitrogens is 1. The maximum absolute atomic E-state index is 11.3. The van der Waals surface area contributed by atoms with Crippen LogP contribution in [-0.2, 0) is 9.59 Å². The molecule has 0 aliphatic carbocycles. The molecule has 2 rings (SSSR count). The highest BCUT2D eigenvalue weighted by Crippen LogP contribution is 2.16. The van der Waals surface area contributed by atoms with Gasteiger partial charge in [-0.25, -0.2) is 4.79 Å². The number of hydrogen-bond donors (Lipinski definition) is 3. The van der Waals surface area contributed by atoms with Crippen LogP contribution in [-0.4, -0.2) is 27.2 Å². The first-order valence-corrected chi connectivity index (χ1v) is 4.80. The third-order valence-corrected chi connectivity index (χ3v) is 2.09. The van der Waals surface area contributed by atoms with Crippen molar-refractivity contribution in [1.82, 2.24) is 10.2 Å². The van der Waals surface area contributed by atoms with Crippen molar-refractivity contribution in [2.75, 3.05) is 5.32 Å². The number of aromatic amines is 1. The van der Waals surface area contributed by atoms with Gasteiger partial charge in [-0.3, -0.25) is 9.89 Å². The number of carbonyl (C=O) groups excluding carboxylic acids is 1. The lowest BCUT2D eigenvalue weighted by molar-refractivity contribution is -0.131. The highest BCUT2D eigenvalue weighted by molar-refractivity contribution is 6.03. The van der Waals surface area contributed by atoms with Crippen molar-refractivity contribution in [2.24, 2.45) is 0 Å².